The highest BCUT2D eigenvalue weighted by atomic mass is 19.1. The van der Waals surface area contributed by atoms with E-state index >= 15 is 0 Å². The first-order valence-corrected chi connectivity index (χ1v) is 11.8. The molecule has 3 fully saturated rings. The summed E-state index contributed by atoms with van der Waals surface area (Å²) in [5.74, 6) is -0.111. The Morgan fingerprint density at radius 1 is 1.37 bits per heavy atom. The van der Waals surface area contributed by atoms with Crippen molar-refractivity contribution in [2.24, 2.45) is 23.7 Å². The maximum atomic E-state index is 14.0. The number of fused-ring (bicyclic) bond motifs is 5. The van der Waals surface area contributed by atoms with Crippen LogP contribution in [0.5, 0.6) is 0 Å². The van der Waals surface area contributed by atoms with E-state index in [1.54, 1.807) is 11.6 Å². The van der Waals surface area contributed by atoms with Gasteiger partial charge in [-0.2, -0.15) is 5.10 Å². The molecule has 3 N–H and O–H groups in total. The highest BCUT2D eigenvalue weighted by Gasteiger charge is 2.50. The number of hydrogen-bond donors (Lipinski definition) is 3. The van der Waals surface area contributed by atoms with Crippen molar-refractivity contribution in [3.63, 3.8) is 0 Å². The van der Waals surface area contributed by atoms with Crippen LogP contribution in [0.25, 0.3) is 28.1 Å². The zero-order valence-electron chi connectivity index (χ0n) is 19.4. The van der Waals surface area contributed by atoms with Crippen LogP contribution in [0.1, 0.15) is 31.9 Å². The van der Waals surface area contributed by atoms with Crippen LogP contribution >= 0.6 is 0 Å². The number of hydrogen-bond acceptors (Lipinski definition) is 7. The van der Waals surface area contributed by atoms with Crippen LogP contribution in [0.2, 0.25) is 0 Å². The van der Waals surface area contributed by atoms with E-state index in [0.29, 0.717) is 46.4 Å². The molecule has 0 spiro atoms. The predicted octanol–water partition coefficient (Wildman–Crippen LogP) is 3.50. The Morgan fingerprint density at radius 2 is 2.23 bits per heavy atom. The minimum atomic E-state index is -0.772. The Labute approximate surface area is 199 Å². The standard InChI is InChI=1S/C24H26FN7O3/c1-11-7-12-3-5-15(11)19(18(12)24(33)34)27-22-17-6-4-14(10-35-2)32(17)31-23(28-22)20-16-8-13(25)9-26-21(16)30-29-20/h4,6,8-9,11-12,15,18-19H,3,5,7,10H2,1-2H3,(H,33,34)(H,26,29,30)(H,27,28,31)/t11?,12-,15+,18-,19-/m0/s1. The second-order valence-corrected chi connectivity index (χ2v) is 9.71. The predicted molar refractivity (Wildman–Crippen MR) is 125 cm³/mol. The summed E-state index contributed by atoms with van der Waals surface area (Å²) < 4.78 is 21.0. The molecule has 5 atom stereocenters. The smallest absolute Gasteiger partial charge is 0.308 e. The van der Waals surface area contributed by atoms with E-state index in [9.17, 15) is 14.3 Å². The van der Waals surface area contributed by atoms with Crippen LogP contribution in [0.4, 0.5) is 10.2 Å². The first-order valence-electron chi connectivity index (χ1n) is 11.8. The Balaban J connectivity index is 1.50. The third kappa shape index (κ3) is 3.53. The van der Waals surface area contributed by atoms with Gasteiger partial charge in [-0.15, -0.1) is 5.10 Å². The number of rotatable bonds is 6. The topological polar surface area (TPSA) is 130 Å². The third-order valence-corrected chi connectivity index (χ3v) is 7.70. The van der Waals surface area contributed by atoms with Gasteiger partial charge in [0.1, 0.15) is 17.0 Å². The van der Waals surface area contributed by atoms with Gasteiger partial charge in [0, 0.05) is 13.2 Å². The first kappa shape index (κ1) is 21.9. The average Bonchev–Trinajstić information content (AvgIpc) is 3.43. The summed E-state index contributed by atoms with van der Waals surface area (Å²) in [6.07, 6.45) is 3.98. The summed E-state index contributed by atoms with van der Waals surface area (Å²) in [4.78, 5) is 21.1. The molecule has 0 saturated heterocycles. The van der Waals surface area contributed by atoms with Crippen LogP contribution < -0.4 is 5.32 Å². The van der Waals surface area contributed by atoms with Gasteiger partial charge in [-0.3, -0.25) is 9.89 Å². The number of anilines is 1. The van der Waals surface area contributed by atoms with Crippen molar-refractivity contribution in [2.75, 3.05) is 12.4 Å². The normalized spacial score (nSPS) is 26.0. The fourth-order valence-corrected chi connectivity index (χ4v) is 6.15. The Hall–Kier alpha value is -3.60. The second kappa shape index (κ2) is 8.26. The first-order chi connectivity index (χ1) is 16.9. The van der Waals surface area contributed by atoms with E-state index in [4.69, 9.17) is 14.8 Å². The molecule has 11 heteroatoms. The molecule has 4 aromatic heterocycles. The lowest BCUT2D eigenvalue weighted by molar-refractivity contribution is -0.149. The van der Waals surface area contributed by atoms with Gasteiger partial charge in [0.25, 0.3) is 0 Å². The Kier molecular flexibility index (Phi) is 5.17. The number of nitrogens with zero attached hydrogens (tertiary/aromatic N) is 5. The lowest BCUT2D eigenvalue weighted by atomic mass is 9.57. The van der Waals surface area contributed by atoms with Gasteiger partial charge in [-0.1, -0.05) is 6.92 Å². The molecule has 3 aliphatic carbocycles. The third-order valence-electron chi connectivity index (χ3n) is 7.70. The number of nitrogens with one attached hydrogen (secondary N) is 2. The highest BCUT2D eigenvalue weighted by Crippen LogP contribution is 2.49. The zero-order valence-corrected chi connectivity index (χ0v) is 19.4. The van der Waals surface area contributed by atoms with Crippen molar-refractivity contribution in [1.29, 1.82) is 0 Å². The minimum Gasteiger partial charge on any atom is -0.481 e. The van der Waals surface area contributed by atoms with Gasteiger partial charge in [0.2, 0.25) is 5.82 Å². The molecule has 0 aromatic carbocycles. The molecular weight excluding hydrogens is 453 g/mol. The zero-order chi connectivity index (χ0) is 24.3. The molecule has 0 radical (unpaired) electrons. The van der Waals surface area contributed by atoms with Crippen LogP contribution in [0.3, 0.4) is 0 Å². The fourth-order valence-electron chi connectivity index (χ4n) is 6.15. The average molecular weight is 480 g/mol. The molecule has 10 nitrogen and oxygen atoms in total. The van der Waals surface area contributed by atoms with Gasteiger partial charge >= 0.3 is 5.97 Å². The lowest BCUT2D eigenvalue weighted by Crippen LogP contribution is -2.54. The molecule has 2 bridgehead atoms. The van der Waals surface area contributed by atoms with Crippen LogP contribution in [0, 0.1) is 29.5 Å². The van der Waals surface area contributed by atoms with Crippen LogP contribution in [-0.2, 0) is 16.1 Å². The number of carbonyl (C=O) groups is 1. The number of pyridine rings is 1. The van der Waals surface area contributed by atoms with Crippen molar-refractivity contribution < 1.29 is 19.0 Å². The molecule has 3 aliphatic rings. The maximum Gasteiger partial charge on any atom is 0.308 e. The molecule has 0 aliphatic heterocycles. The minimum absolute atomic E-state index is 0.142. The number of carboxylic acid groups (broad SMARTS) is 1. The highest BCUT2D eigenvalue weighted by molar-refractivity contribution is 5.89. The van der Waals surface area contributed by atoms with Crippen LogP contribution in [0.15, 0.2) is 24.4 Å². The molecule has 3 saturated carbocycles. The molecule has 4 aromatic rings. The summed E-state index contributed by atoms with van der Waals surface area (Å²) >= 11 is 0. The van der Waals surface area contributed by atoms with E-state index < -0.39 is 17.7 Å². The van der Waals surface area contributed by atoms with E-state index in [1.165, 1.54) is 6.07 Å². The number of H-pyrrole nitrogens is 1. The molecule has 182 valence electrons. The number of aliphatic carboxylic acids is 1. The number of halogens is 1. The SMILES string of the molecule is COCc1ccc2c(N[C@@H]3[C@@H](C(=O)O)[C@H]4CC[C@@H]3C(C)C4)nc(-c3[nH]nc4ncc(F)cc34)nn12. The van der Waals surface area contributed by atoms with E-state index in [1.807, 2.05) is 12.1 Å². The van der Waals surface area contributed by atoms with Gasteiger partial charge in [0.15, 0.2) is 11.5 Å². The molecule has 1 unspecified atom stereocenters. The number of carboxylic acids is 1. The summed E-state index contributed by atoms with van der Waals surface area (Å²) in [7, 11) is 1.61. The van der Waals surface area contributed by atoms with Crippen molar-refractivity contribution in [3.05, 3.63) is 35.9 Å². The number of aromatic nitrogens is 6. The molecule has 0 amide bonds. The maximum absolute atomic E-state index is 14.0. The molecule has 4 heterocycles. The van der Waals surface area contributed by atoms with Gasteiger partial charge in [-0.05, 0) is 55.2 Å². The quantitative estimate of drug-likeness (QED) is 0.383. The summed E-state index contributed by atoms with van der Waals surface area (Å²) in [6, 6.07) is 4.89. The second-order valence-electron chi connectivity index (χ2n) is 9.71. The number of aromatic amines is 1. The van der Waals surface area contributed by atoms with E-state index in [2.05, 4.69) is 27.4 Å². The fraction of sp³-hybridized carbons (Fsp3) is 0.458. The molecule has 7 rings (SSSR count). The van der Waals surface area contributed by atoms with Crippen molar-refractivity contribution in [3.8, 4) is 11.5 Å². The lowest BCUT2D eigenvalue weighted by Gasteiger charge is -2.50. The Bertz CT molecular complexity index is 1430. The Morgan fingerprint density at radius 3 is 3.00 bits per heavy atom. The summed E-state index contributed by atoms with van der Waals surface area (Å²) in [5, 5.41) is 25.8. The van der Waals surface area contributed by atoms with Gasteiger partial charge in [0.05, 0.1) is 29.8 Å². The monoisotopic (exact) mass is 479 g/mol. The van der Waals surface area contributed by atoms with E-state index in [0.717, 1.165) is 31.2 Å². The van der Waals surface area contributed by atoms with Crippen molar-refractivity contribution in [1.82, 2.24) is 29.8 Å². The summed E-state index contributed by atoms with van der Waals surface area (Å²) in [6.45, 7) is 2.53. The van der Waals surface area contributed by atoms with Crippen molar-refractivity contribution in [2.45, 2.75) is 38.8 Å². The van der Waals surface area contributed by atoms with Gasteiger partial charge < -0.3 is 15.2 Å². The van der Waals surface area contributed by atoms with Crippen molar-refractivity contribution >= 4 is 28.3 Å². The summed E-state index contributed by atoms with van der Waals surface area (Å²) in [5.41, 5.74) is 2.30. The largest absolute Gasteiger partial charge is 0.481 e. The number of methoxy groups -OCH3 is 1. The molecule has 35 heavy (non-hydrogen) atoms. The van der Waals surface area contributed by atoms with Gasteiger partial charge in [-0.25, -0.2) is 18.9 Å². The number of ether oxygens (including phenoxy) is 1. The van der Waals surface area contributed by atoms with Crippen LogP contribution in [-0.4, -0.2) is 54.0 Å². The van der Waals surface area contributed by atoms with E-state index in [-0.39, 0.29) is 17.9 Å². The molecular formula is C24H26FN7O3.